The standard InChI is InChI=1S/C27H25ClN4O5S2/c1-27(2,3)37-26(36)31-25-30-18(13-39-25)23(34)29-15-8-21(38-12-15)24(35)32-11-14(10-28)22-17-7-5-4-6-16(17)20(33)9-19(22)32/h4-9,12-14,33H,10-11H2,1-3H3,(H,29,34)(H,30,31,36)/t14-/m1/s1. The summed E-state index contributed by atoms with van der Waals surface area (Å²) in [7, 11) is 0. The molecule has 12 heteroatoms. The molecule has 3 heterocycles. The van der Waals surface area contributed by atoms with Gasteiger partial charge in [0.2, 0.25) is 0 Å². The third-order valence-electron chi connectivity index (χ3n) is 5.99. The molecule has 2 aromatic heterocycles. The number of carbonyl (C=O) groups excluding carboxylic acids is 3. The van der Waals surface area contributed by atoms with E-state index in [1.807, 2.05) is 24.3 Å². The van der Waals surface area contributed by atoms with Gasteiger partial charge in [-0.2, -0.15) is 0 Å². The Morgan fingerprint density at radius 2 is 1.87 bits per heavy atom. The number of halogens is 1. The van der Waals surface area contributed by atoms with Gasteiger partial charge in [-0.25, -0.2) is 9.78 Å². The number of rotatable bonds is 5. The highest BCUT2D eigenvalue weighted by Crippen LogP contribution is 2.45. The summed E-state index contributed by atoms with van der Waals surface area (Å²) in [5.41, 5.74) is 1.47. The summed E-state index contributed by atoms with van der Waals surface area (Å²) in [4.78, 5) is 44.4. The average molecular weight is 585 g/mol. The van der Waals surface area contributed by atoms with Crippen LogP contribution < -0.4 is 15.5 Å². The fourth-order valence-corrected chi connectivity index (χ4v) is 6.13. The lowest BCUT2D eigenvalue weighted by Gasteiger charge is -2.18. The van der Waals surface area contributed by atoms with E-state index < -0.39 is 17.6 Å². The number of thiazole rings is 1. The van der Waals surface area contributed by atoms with Gasteiger partial charge in [0.25, 0.3) is 11.8 Å². The molecule has 2 aromatic carbocycles. The molecule has 0 saturated carbocycles. The van der Waals surface area contributed by atoms with Crippen molar-refractivity contribution >= 4 is 79.5 Å². The zero-order chi connectivity index (χ0) is 27.9. The van der Waals surface area contributed by atoms with Crippen LogP contribution in [0.1, 0.15) is 52.4 Å². The lowest BCUT2D eigenvalue weighted by molar-refractivity contribution is 0.0635. The normalized spacial score (nSPS) is 14.8. The minimum Gasteiger partial charge on any atom is -0.507 e. The summed E-state index contributed by atoms with van der Waals surface area (Å²) in [6.07, 6.45) is -0.661. The van der Waals surface area contributed by atoms with Gasteiger partial charge in [-0.1, -0.05) is 24.3 Å². The molecule has 0 spiro atoms. The number of aromatic hydroxyl groups is 1. The number of benzene rings is 2. The van der Waals surface area contributed by atoms with Gasteiger partial charge in [0, 0.05) is 40.6 Å². The van der Waals surface area contributed by atoms with Gasteiger partial charge >= 0.3 is 6.09 Å². The zero-order valence-electron chi connectivity index (χ0n) is 21.3. The highest BCUT2D eigenvalue weighted by Gasteiger charge is 2.35. The van der Waals surface area contributed by atoms with Gasteiger partial charge in [0.05, 0.1) is 16.3 Å². The second-order valence-corrected chi connectivity index (χ2v) is 12.0. The first-order valence-corrected chi connectivity index (χ1v) is 14.3. The molecular weight excluding hydrogens is 560 g/mol. The Balaban J connectivity index is 1.30. The van der Waals surface area contributed by atoms with Crippen molar-refractivity contribution in [3.05, 3.63) is 63.3 Å². The van der Waals surface area contributed by atoms with E-state index in [1.54, 1.807) is 43.2 Å². The third kappa shape index (κ3) is 5.56. The first kappa shape index (κ1) is 26.9. The number of aromatic nitrogens is 1. The van der Waals surface area contributed by atoms with Gasteiger partial charge < -0.3 is 20.1 Å². The monoisotopic (exact) mass is 584 g/mol. The maximum absolute atomic E-state index is 13.5. The Morgan fingerprint density at radius 3 is 2.59 bits per heavy atom. The first-order chi connectivity index (χ1) is 18.5. The van der Waals surface area contributed by atoms with Crippen molar-refractivity contribution in [3.8, 4) is 5.75 Å². The van der Waals surface area contributed by atoms with E-state index in [-0.39, 0.29) is 28.4 Å². The molecule has 1 aliphatic heterocycles. The number of phenols is 1. The van der Waals surface area contributed by atoms with Crippen LogP contribution in [-0.2, 0) is 4.74 Å². The number of amides is 3. The summed E-state index contributed by atoms with van der Waals surface area (Å²) < 4.78 is 5.20. The SMILES string of the molecule is CC(C)(C)OC(=O)Nc1nc(C(=O)Nc2csc(C(=O)N3C[C@@H](CCl)c4c3cc(O)c3ccccc43)c2)cs1. The van der Waals surface area contributed by atoms with E-state index in [4.69, 9.17) is 16.3 Å². The minimum absolute atomic E-state index is 0.0802. The van der Waals surface area contributed by atoms with Crippen molar-refractivity contribution in [2.75, 3.05) is 28.0 Å². The summed E-state index contributed by atoms with van der Waals surface area (Å²) >= 11 is 8.58. The molecular formula is C27H25ClN4O5S2. The number of hydrogen-bond donors (Lipinski definition) is 3. The number of nitrogens with zero attached hydrogens (tertiary/aromatic N) is 2. The molecule has 202 valence electrons. The predicted molar refractivity (Wildman–Crippen MR) is 155 cm³/mol. The maximum atomic E-state index is 13.5. The van der Waals surface area contributed by atoms with Crippen LogP contribution in [0.3, 0.4) is 0 Å². The Labute approximate surface area is 237 Å². The smallest absolute Gasteiger partial charge is 0.413 e. The van der Waals surface area contributed by atoms with Gasteiger partial charge in [-0.05, 0) is 37.8 Å². The van der Waals surface area contributed by atoms with E-state index >= 15 is 0 Å². The number of alkyl halides is 1. The molecule has 1 aliphatic rings. The minimum atomic E-state index is -0.661. The van der Waals surface area contributed by atoms with Gasteiger partial charge in [0.15, 0.2) is 5.13 Å². The molecule has 4 aromatic rings. The Morgan fingerprint density at radius 1 is 1.13 bits per heavy atom. The number of fused-ring (bicyclic) bond motifs is 3. The van der Waals surface area contributed by atoms with Gasteiger partial charge in [-0.15, -0.1) is 34.3 Å². The van der Waals surface area contributed by atoms with Crippen LogP contribution in [0.4, 0.5) is 21.3 Å². The van der Waals surface area contributed by atoms with E-state index in [2.05, 4.69) is 15.6 Å². The third-order valence-corrected chi connectivity index (χ3v) is 8.04. The van der Waals surface area contributed by atoms with Crippen LogP contribution >= 0.6 is 34.3 Å². The molecule has 39 heavy (non-hydrogen) atoms. The Kier molecular flexibility index (Phi) is 7.23. The van der Waals surface area contributed by atoms with Crippen LogP contribution in [-0.4, -0.2) is 46.0 Å². The number of hydrogen-bond acceptors (Lipinski definition) is 8. The second-order valence-electron chi connectivity index (χ2n) is 9.96. The van der Waals surface area contributed by atoms with Crippen molar-refractivity contribution < 1.29 is 24.2 Å². The number of phenolic OH excluding ortho intramolecular Hbond substituents is 1. The van der Waals surface area contributed by atoms with Crippen LogP contribution in [0.5, 0.6) is 5.75 Å². The molecule has 0 bridgehead atoms. The number of anilines is 3. The fourth-order valence-electron chi connectivity index (χ4n) is 4.41. The molecule has 0 radical (unpaired) electrons. The molecule has 3 amide bonds. The van der Waals surface area contributed by atoms with Crippen molar-refractivity contribution in [1.82, 2.24) is 4.98 Å². The number of carbonyl (C=O) groups is 3. The van der Waals surface area contributed by atoms with Crippen molar-refractivity contribution in [1.29, 1.82) is 0 Å². The molecule has 0 aliphatic carbocycles. The quantitative estimate of drug-likeness (QED) is 0.226. The van der Waals surface area contributed by atoms with Crippen LogP contribution in [0.15, 0.2) is 47.2 Å². The summed E-state index contributed by atoms with van der Waals surface area (Å²) in [6, 6.07) is 10.7. The van der Waals surface area contributed by atoms with E-state index in [9.17, 15) is 19.5 Å². The van der Waals surface area contributed by atoms with E-state index in [1.165, 1.54) is 16.7 Å². The number of ether oxygens (including phenoxy) is 1. The van der Waals surface area contributed by atoms with Crippen molar-refractivity contribution in [2.24, 2.45) is 0 Å². The Bertz CT molecular complexity index is 1590. The predicted octanol–water partition coefficient (Wildman–Crippen LogP) is 6.65. The van der Waals surface area contributed by atoms with Crippen LogP contribution in [0.2, 0.25) is 0 Å². The van der Waals surface area contributed by atoms with Crippen molar-refractivity contribution in [3.63, 3.8) is 0 Å². The first-order valence-electron chi connectivity index (χ1n) is 12.0. The molecule has 9 nitrogen and oxygen atoms in total. The maximum Gasteiger partial charge on any atom is 0.413 e. The topological polar surface area (TPSA) is 121 Å². The lowest BCUT2D eigenvalue weighted by atomic mass is 9.95. The van der Waals surface area contributed by atoms with Gasteiger partial charge in [0.1, 0.15) is 17.0 Å². The highest BCUT2D eigenvalue weighted by atomic mass is 35.5. The van der Waals surface area contributed by atoms with Crippen molar-refractivity contribution in [2.45, 2.75) is 32.3 Å². The Hall–Kier alpha value is -3.67. The number of thiophene rings is 1. The van der Waals surface area contributed by atoms with E-state index in [0.29, 0.717) is 34.1 Å². The molecule has 0 unspecified atom stereocenters. The largest absolute Gasteiger partial charge is 0.507 e. The fraction of sp³-hybridized carbons (Fsp3) is 0.259. The molecule has 1 atom stereocenters. The van der Waals surface area contributed by atoms with Crippen LogP contribution in [0, 0.1) is 0 Å². The number of nitrogens with one attached hydrogen (secondary N) is 2. The zero-order valence-corrected chi connectivity index (χ0v) is 23.7. The molecule has 0 fully saturated rings. The second kappa shape index (κ2) is 10.5. The molecule has 0 saturated heterocycles. The average Bonchev–Trinajstić information content (AvgIpc) is 3.61. The summed E-state index contributed by atoms with van der Waals surface area (Å²) in [5, 5.41) is 20.9. The highest BCUT2D eigenvalue weighted by molar-refractivity contribution is 7.14. The lowest BCUT2D eigenvalue weighted by Crippen LogP contribution is -2.29. The van der Waals surface area contributed by atoms with Crippen LogP contribution in [0.25, 0.3) is 10.8 Å². The molecule has 5 rings (SSSR count). The summed E-state index contributed by atoms with van der Waals surface area (Å²) in [5.74, 6) is -0.383. The molecule has 3 N–H and O–H groups in total. The summed E-state index contributed by atoms with van der Waals surface area (Å²) in [6.45, 7) is 5.63. The van der Waals surface area contributed by atoms with E-state index in [0.717, 1.165) is 22.3 Å². The van der Waals surface area contributed by atoms with Gasteiger partial charge in [-0.3, -0.25) is 14.9 Å².